The Hall–Kier alpha value is -3.48. The van der Waals surface area contributed by atoms with Crippen LogP contribution in [0.4, 0.5) is 5.69 Å². The Morgan fingerprint density at radius 1 is 0.900 bits per heavy atom. The number of hydrogen-bond acceptors (Lipinski definition) is 6. The maximum atomic E-state index is 13.5. The van der Waals surface area contributed by atoms with Crippen LogP contribution < -0.4 is 10.7 Å². The number of hydrazone groups is 1. The lowest BCUT2D eigenvalue weighted by molar-refractivity contribution is -0.136. The molecule has 13 heteroatoms. The molecular weight excluding hydrogens is 643 g/mol. The number of furan rings is 1. The summed E-state index contributed by atoms with van der Waals surface area (Å²) in [5.41, 5.74) is 3.28. The van der Waals surface area contributed by atoms with Gasteiger partial charge in [-0.3, -0.25) is 9.59 Å². The molecule has 0 spiro atoms. The van der Waals surface area contributed by atoms with E-state index in [-0.39, 0.29) is 23.7 Å². The van der Waals surface area contributed by atoms with Gasteiger partial charge in [-0.25, -0.2) is 13.8 Å². The molecule has 0 aliphatic heterocycles. The van der Waals surface area contributed by atoms with Crippen molar-refractivity contribution in [1.29, 1.82) is 0 Å². The number of anilines is 1. The summed E-state index contributed by atoms with van der Waals surface area (Å²) >= 11 is 15.2. The molecule has 0 saturated carbocycles. The Morgan fingerprint density at radius 2 is 1.57 bits per heavy atom. The molecule has 3 aromatic carbocycles. The number of benzene rings is 3. The van der Waals surface area contributed by atoms with Gasteiger partial charge in [-0.2, -0.15) is 9.41 Å². The summed E-state index contributed by atoms with van der Waals surface area (Å²) in [7, 11) is -3.94. The van der Waals surface area contributed by atoms with Crippen LogP contribution in [0, 0.1) is 0 Å². The summed E-state index contributed by atoms with van der Waals surface area (Å²) in [5, 5.41) is 7.15. The first-order valence-electron chi connectivity index (χ1n) is 11.6. The maximum absolute atomic E-state index is 13.5. The fraction of sp³-hybridized carbons (Fsp3) is 0.0741. The highest BCUT2D eigenvalue weighted by molar-refractivity contribution is 9.10. The summed E-state index contributed by atoms with van der Waals surface area (Å²) in [4.78, 5) is 24.2. The quantitative estimate of drug-likeness (QED) is 0.133. The van der Waals surface area contributed by atoms with Crippen LogP contribution in [-0.2, 0) is 32.7 Å². The Balaban J connectivity index is 1.44. The van der Waals surface area contributed by atoms with Gasteiger partial charge < -0.3 is 9.73 Å². The molecule has 0 saturated heterocycles. The van der Waals surface area contributed by atoms with Gasteiger partial charge in [0.2, 0.25) is 10.0 Å². The van der Waals surface area contributed by atoms with E-state index in [1.807, 2.05) is 0 Å². The maximum Gasteiger partial charge on any atom is 0.329 e. The number of halogens is 3. The number of hydrogen-bond donors (Lipinski definition) is 2. The van der Waals surface area contributed by atoms with Gasteiger partial charge in [0, 0.05) is 26.8 Å². The van der Waals surface area contributed by atoms with E-state index in [0.717, 1.165) is 10.0 Å². The zero-order valence-corrected chi connectivity index (χ0v) is 24.5. The monoisotopic (exact) mass is 662 g/mol. The van der Waals surface area contributed by atoms with Crippen molar-refractivity contribution in [1.82, 2.24) is 9.73 Å². The molecule has 1 aromatic heterocycles. The fourth-order valence-electron chi connectivity index (χ4n) is 3.46. The van der Waals surface area contributed by atoms with Gasteiger partial charge in [0.15, 0.2) is 0 Å². The average molecular weight is 664 g/mol. The normalized spacial score (nSPS) is 11.6. The summed E-state index contributed by atoms with van der Waals surface area (Å²) in [6, 6.07) is 22.6. The van der Waals surface area contributed by atoms with Crippen molar-refractivity contribution in [2.75, 3.05) is 5.32 Å². The zero-order chi connectivity index (χ0) is 28.7. The second-order valence-electron chi connectivity index (χ2n) is 8.32. The summed E-state index contributed by atoms with van der Waals surface area (Å²) in [6.45, 7) is -0.0434. The van der Waals surface area contributed by atoms with Crippen LogP contribution in [0.3, 0.4) is 0 Å². The molecule has 0 radical (unpaired) electrons. The Bertz CT molecular complexity index is 1640. The second-order valence-corrected chi connectivity index (χ2v) is 12.0. The molecule has 0 atom stereocenters. The molecule has 0 aliphatic carbocycles. The van der Waals surface area contributed by atoms with Crippen molar-refractivity contribution >= 4 is 72.9 Å². The van der Waals surface area contributed by atoms with Gasteiger partial charge in [0.1, 0.15) is 11.5 Å². The molecule has 0 aliphatic rings. The zero-order valence-electron chi connectivity index (χ0n) is 20.6. The lowest BCUT2D eigenvalue weighted by atomic mass is 10.2. The Kier molecular flexibility index (Phi) is 9.77. The first-order valence-corrected chi connectivity index (χ1v) is 14.6. The van der Waals surface area contributed by atoms with Crippen LogP contribution in [0.1, 0.15) is 17.1 Å². The van der Waals surface area contributed by atoms with Gasteiger partial charge in [-0.05, 0) is 72.3 Å². The lowest BCUT2D eigenvalue weighted by Gasteiger charge is -2.21. The third kappa shape index (κ3) is 8.03. The van der Waals surface area contributed by atoms with Crippen molar-refractivity contribution in [2.45, 2.75) is 18.0 Å². The topological polar surface area (TPSA) is 121 Å². The molecule has 1 heterocycles. The molecule has 2 amide bonds. The number of rotatable bonds is 9. The fourth-order valence-corrected chi connectivity index (χ4v) is 5.50. The first kappa shape index (κ1) is 29.5. The standard InChI is InChI=1S/C27H21BrCl2N4O5S/c28-19-2-1-3-22(14-19)32-26(35)27(36)33-31-15-23-10-11-24(39-23)17-34(16-18-4-6-20(29)7-5-18)40(37,38)25-12-8-21(30)9-13-25/h1-15H,16-17H2,(H,32,35)(H,33,36). The van der Waals surface area contributed by atoms with Crippen molar-refractivity contribution < 1.29 is 22.4 Å². The average Bonchev–Trinajstić information content (AvgIpc) is 3.37. The molecule has 4 rings (SSSR count). The highest BCUT2D eigenvalue weighted by Crippen LogP contribution is 2.24. The molecular formula is C27H21BrCl2N4O5S. The molecule has 0 fully saturated rings. The van der Waals surface area contributed by atoms with Gasteiger partial charge >= 0.3 is 11.8 Å². The lowest BCUT2D eigenvalue weighted by Crippen LogP contribution is -2.32. The number of carbonyl (C=O) groups is 2. The molecule has 2 N–H and O–H groups in total. The second kappa shape index (κ2) is 13.2. The minimum Gasteiger partial charge on any atom is -0.459 e. The van der Waals surface area contributed by atoms with Gasteiger partial charge in [-0.1, -0.05) is 57.3 Å². The van der Waals surface area contributed by atoms with Crippen molar-refractivity contribution in [3.63, 3.8) is 0 Å². The minimum absolute atomic E-state index is 0.0510. The van der Waals surface area contributed by atoms with E-state index in [1.165, 1.54) is 34.8 Å². The van der Waals surface area contributed by atoms with Gasteiger partial charge in [0.05, 0.1) is 17.7 Å². The van der Waals surface area contributed by atoms with E-state index >= 15 is 0 Å². The van der Waals surface area contributed by atoms with Crippen molar-refractivity contribution in [2.24, 2.45) is 5.10 Å². The van der Waals surface area contributed by atoms with Gasteiger partial charge in [-0.15, -0.1) is 0 Å². The first-order chi connectivity index (χ1) is 19.1. The molecule has 9 nitrogen and oxygen atoms in total. The van der Waals surface area contributed by atoms with E-state index in [1.54, 1.807) is 60.7 Å². The van der Waals surface area contributed by atoms with Crippen LogP contribution in [0.25, 0.3) is 0 Å². The Morgan fingerprint density at radius 3 is 2.25 bits per heavy atom. The van der Waals surface area contributed by atoms with Crippen molar-refractivity contribution in [3.05, 3.63) is 117 Å². The van der Waals surface area contributed by atoms with E-state index < -0.39 is 21.8 Å². The molecule has 0 unspecified atom stereocenters. The predicted molar refractivity (Wildman–Crippen MR) is 157 cm³/mol. The summed E-state index contributed by atoms with van der Waals surface area (Å²) in [6.07, 6.45) is 1.20. The van der Waals surface area contributed by atoms with Gasteiger partial charge in [0.25, 0.3) is 0 Å². The smallest absolute Gasteiger partial charge is 0.329 e. The number of nitrogens with one attached hydrogen (secondary N) is 2. The molecule has 40 heavy (non-hydrogen) atoms. The van der Waals surface area contributed by atoms with Crippen LogP contribution >= 0.6 is 39.1 Å². The number of nitrogens with zero attached hydrogens (tertiary/aromatic N) is 2. The van der Waals surface area contributed by atoms with Crippen LogP contribution in [0.2, 0.25) is 10.0 Å². The molecule has 0 bridgehead atoms. The van der Waals surface area contributed by atoms with Crippen LogP contribution in [0.15, 0.2) is 104 Å². The third-order valence-electron chi connectivity index (χ3n) is 5.38. The predicted octanol–water partition coefficient (Wildman–Crippen LogP) is 5.83. The Labute approximate surface area is 249 Å². The van der Waals surface area contributed by atoms with E-state index in [0.29, 0.717) is 21.5 Å². The highest BCUT2D eigenvalue weighted by Gasteiger charge is 2.26. The number of sulfonamides is 1. The van der Waals surface area contributed by atoms with Crippen molar-refractivity contribution in [3.8, 4) is 0 Å². The SMILES string of the molecule is O=C(NN=Cc1ccc(CN(Cc2ccc(Cl)cc2)S(=O)(=O)c2ccc(Cl)cc2)o1)C(=O)Nc1cccc(Br)c1. The van der Waals surface area contributed by atoms with E-state index in [4.69, 9.17) is 27.6 Å². The number of carbonyl (C=O) groups excluding carboxylic acids is 2. The molecule has 206 valence electrons. The molecule has 4 aromatic rings. The third-order valence-corrected chi connectivity index (χ3v) is 8.19. The minimum atomic E-state index is -3.94. The summed E-state index contributed by atoms with van der Waals surface area (Å²) < 4.78 is 34.7. The number of amides is 2. The van der Waals surface area contributed by atoms with Crippen LogP contribution in [0.5, 0.6) is 0 Å². The highest BCUT2D eigenvalue weighted by atomic mass is 79.9. The van der Waals surface area contributed by atoms with E-state index in [2.05, 4.69) is 31.8 Å². The largest absolute Gasteiger partial charge is 0.459 e. The summed E-state index contributed by atoms with van der Waals surface area (Å²) in [5.74, 6) is -1.32. The van der Waals surface area contributed by atoms with Crippen LogP contribution in [-0.4, -0.2) is 30.8 Å². The van der Waals surface area contributed by atoms with E-state index in [9.17, 15) is 18.0 Å².